The van der Waals surface area contributed by atoms with E-state index in [0.29, 0.717) is 6.04 Å². The number of fused-ring (bicyclic) bond motifs is 1. The van der Waals surface area contributed by atoms with Gasteiger partial charge in [-0.2, -0.15) is 8.42 Å². The number of rotatable bonds is 3. The molecule has 2 heterocycles. The molecular weight excluding hydrogens is 274 g/mol. The second-order valence-electron chi connectivity index (χ2n) is 5.80. The van der Waals surface area contributed by atoms with Crippen molar-refractivity contribution in [3.63, 3.8) is 0 Å². The van der Waals surface area contributed by atoms with Crippen LogP contribution < -0.4 is 4.90 Å². The highest BCUT2D eigenvalue weighted by Crippen LogP contribution is 2.22. The summed E-state index contributed by atoms with van der Waals surface area (Å²) in [7, 11) is -3.62. The topological polar surface area (TPSA) is 47.8 Å². The highest BCUT2D eigenvalue weighted by Gasteiger charge is 2.39. The summed E-state index contributed by atoms with van der Waals surface area (Å²) in [4.78, 5) is 1.80. The normalized spacial score (nSPS) is 30.7. The molecule has 110 valence electrons. The average molecular weight is 296 g/mol. The van der Waals surface area contributed by atoms with Gasteiger partial charge in [0.1, 0.15) is 12.1 Å². The first-order valence-corrected chi connectivity index (χ1v) is 8.90. The second-order valence-corrected chi connectivity index (χ2v) is 7.38. The van der Waals surface area contributed by atoms with Crippen molar-refractivity contribution in [1.82, 2.24) is 0 Å². The molecule has 0 bridgehead atoms. The van der Waals surface area contributed by atoms with Crippen molar-refractivity contribution in [3.8, 4) is 0 Å². The van der Waals surface area contributed by atoms with E-state index in [4.69, 9.17) is 4.18 Å². The Kier molecular flexibility index (Phi) is 4.10. The van der Waals surface area contributed by atoms with Gasteiger partial charge in [-0.15, -0.1) is 0 Å². The molecule has 0 amide bonds. The van der Waals surface area contributed by atoms with E-state index in [1.807, 2.05) is 6.07 Å². The molecule has 1 N–H and O–H groups in total. The molecule has 3 rings (SSSR count). The molecule has 20 heavy (non-hydrogen) atoms. The van der Waals surface area contributed by atoms with Crippen molar-refractivity contribution in [2.24, 2.45) is 0 Å². The molecule has 1 aromatic rings. The van der Waals surface area contributed by atoms with Crippen LogP contribution >= 0.6 is 0 Å². The zero-order chi connectivity index (χ0) is 14.0. The van der Waals surface area contributed by atoms with Crippen molar-refractivity contribution < 1.29 is 17.5 Å². The molecule has 0 aliphatic carbocycles. The first-order valence-electron chi connectivity index (χ1n) is 7.50. The minimum atomic E-state index is -3.62. The molecule has 5 heteroatoms. The van der Waals surface area contributed by atoms with E-state index >= 15 is 0 Å². The highest BCUT2D eigenvalue weighted by atomic mass is 32.2. The number of nitrogens with one attached hydrogen (secondary N) is 1. The summed E-state index contributed by atoms with van der Waals surface area (Å²) in [6, 6.07) is 8.83. The van der Waals surface area contributed by atoms with Crippen LogP contribution in [0.25, 0.3) is 0 Å². The molecule has 1 unspecified atom stereocenters. The van der Waals surface area contributed by atoms with E-state index in [2.05, 4.69) is 0 Å². The Morgan fingerprint density at radius 2 is 1.75 bits per heavy atom. The number of piperidine rings is 2. The number of benzene rings is 1. The molecule has 1 aromatic carbocycles. The van der Waals surface area contributed by atoms with Crippen LogP contribution in [0, 0.1) is 0 Å². The van der Waals surface area contributed by atoms with E-state index in [0.717, 1.165) is 32.4 Å². The van der Waals surface area contributed by atoms with Gasteiger partial charge >= 0.3 is 0 Å². The van der Waals surface area contributed by atoms with Crippen molar-refractivity contribution in [1.29, 1.82) is 0 Å². The molecule has 3 atom stereocenters. The lowest BCUT2D eigenvalue weighted by molar-refractivity contribution is -0.939. The van der Waals surface area contributed by atoms with Gasteiger partial charge in [0.2, 0.25) is 0 Å². The molecule has 0 saturated carbocycles. The molecule has 0 spiro atoms. The van der Waals surface area contributed by atoms with Gasteiger partial charge in [0.05, 0.1) is 18.0 Å². The summed E-state index contributed by atoms with van der Waals surface area (Å²) in [5.41, 5.74) is 0. The first-order chi connectivity index (χ1) is 9.67. The fourth-order valence-corrected chi connectivity index (χ4v) is 4.67. The zero-order valence-corrected chi connectivity index (χ0v) is 12.4. The Hall–Kier alpha value is -0.910. The lowest BCUT2D eigenvalue weighted by Crippen LogP contribution is -3.18. The fourth-order valence-electron chi connectivity index (χ4n) is 3.52. The molecule has 2 aliphatic rings. The van der Waals surface area contributed by atoms with Crippen molar-refractivity contribution in [2.75, 3.05) is 13.1 Å². The Balaban J connectivity index is 1.76. The Morgan fingerprint density at radius 1 is 1.00 bits per heavy atom. The standard InChI is InChI=1S/C15H21NO3S/c17-20(18,13-7-2-1-3-8-13)19-15-10-6-12-16-11-5-4-9-14(15)16/h1-3,7-8,14-15H,4-6,9-12H2/p+1/t14-,15+/m1/s1. The monoisotopic (exact) mass is 296 g/mol. The largest absolute Gasteiger partial charge is 0.330 e. The maximum absolute atomic E-state index is 12.3. The second kappa shape index (κ2) is 5.84. The van der Waals surface area contributed by atoms with Gasteiger partial charge in [-0.05, 0) is 37.8 Å². The average Bonchev–Trinajstić information content (AvgIpc) is 2.48. The van der Waals surface area contributed by atoms with Gasteiger partial charge in [0.15, 0.2) is 0 Å². The van der Waals surface area contributed by atoms with Crippen LogP contribution in [0.3, 0.4) is 0 Å². The zero-order valence-electron chi connectivity index (χ0n) is 11.6. The Labute approximate surface area is 120 Å². The molecule has 2 aliphatic heterocycles. The van der Waals surface area contributed by atoms with E-state index < -0.39 is 10.1 Å². The van der Waals surface area contributed by atoms with Gasteiger partial charge < -0.3 is 4.90 Å². The third-order valence-corrected chi connectivity index (χ3v) is 5.85. The summed E-state index contributed by atoms with van der Waals surface area (Å²) in [5, 5.41) is 0. The third kappa shape index (κ3) is 2.90. The number of hydrogen-bond acceptors (Lipinski definition) is 3. The lowest BCUT2D eigenvalue weighted by atomic mass is 9.91. The molecule has 0 aromatic heterocycles. The van der Waals surface area contributed by atoms with Gasteiger partial charge in [-0.25, -0.2) is 0 Å². The first kappa shape index (κ1) is 14.0. The molecule has 0 radical (unpaired) electrons. The van der Waals surface area contributed by atoms with Crippen LogP contribution in [0.2, 0.25) is 0 Å². The maximum Gasteiger partial charge on any atom is 0.297 e. The summed E-state index contributed by atoms with van der Waals surface area (Å²) in [6.45, 7) is 2.33. The van der Waals surface area contributed by atoms with Gasteiger partial charge in [0, 0.05) is 6.42 Å². The predicted octanol–water partition coefficient (Wildman–Crippen LogP) is 0.992. The SMILES string of the molecule is O=S(=O)(O[C@H]1CCC[NH+]2CCCC[C@H]12)c1ccccc1. The lowest BCUT2D eigenvalue weighted by Gasteiger charge is -2.40. The van der Waals surface area contributed by atoms with Crippen LogP contribution in [0.5, 0.6) is 0 Å². The van der Waals surface area contributed by atoms with Crippen molar-refractivity contribution in [3.05, 3.63) is 30.3 Å². The maximum atomic E-state index is 12.3. The van der Waals surface area contributed by atoms with Crippen molar-refractivity contribution >= 4 is 10.1 Å². The van der Waals surface area contributed by atoms with Crippen LogP contribution in [0.1, 0.15) is 32.1 Å². The summed E-state index contributed by atoms with van der Waals surface area (Å²) in [6.07, 6.45) is 5.30. The summed E-state index contributed by atoms with van der Waals surface area (Å²) in [5.74, 6) is 0. The Bertz CT molecular complexity index is 541. The van der Waals surface area contributed by atoms with Crippen LogP contribution in [-0.4, -0.2) is 33.7 Å². The van der Waals surface area contributed by atoms with E-state index in [9.17, 15) is 8.42 Å². The minimum absolute atomic E-state index is 0.149. The predicted molar refractivity (Wildman–Crippen MR) is 76.1 cm³/mol. The third-order valence-electron chi connectivity index (χ3n) is 4.50. The van der Waals surface area contributed by atoms with Crippen LogP contribution in [0.15, 0.2) is 35.2 Å². The van der Waals surface area contributed by atoms with Gasteiger partial charge in [-0.3, -0.25) is 4.18 Å². The molecule has 4 nitrogen and oxygen atoms in total. The smallest absolute Gasteiger partial charge is 0.297 e. The van der Waals surface area contributed by atoms with Crippen LogP contribution in [0.4, 0.5) is 0 Å². The number of quaternary nitrogens is 1. The van der Waals surface area contributed by atoms with Gasteiger partial charge in [0.25, 0.3) is 10.1 Å². The molecular formula is C15H22NO3S+. The summed E-state index contributed by atoms with van der Waals surface area (Å²) >= 11 is 0. The Morgan fingerprint density at radius 3 is 2.55 bits per heavy atom. The number of hydrogen-bond donors (Lipinski definition) is 1. The van der Waals surface area contributed by atoms with Gasteiger partial charge in [-0.1, -0.05) is 18.2 Å². The fraction of sp³-hybridized carbons (Fsp3) is 0.600. The summed E-state index contributed by atoms with van der Waals surface area (Å²) < 4.78 is 30.3. The quantitative estimate of drug-likeness (QED) is 0.846. The minimum Gasteiger partial charge on any atom is -0.330 e. The van der Waals surface area contributed by atoms with E-state index in [1.165, 1.54) is 17.7 Å². The molecule has 2 fully saturated rings. The highest BCUT2D eigenvalue weighted by molar-refractivity contribution is 7.86. The van der Waals surface area contributed by atoms with Crippen LogP contribution in [-0.2, 0) is 14.3 Å². The molecule has 2 saturated heterocycles. The van der Waals surface area contributed by atoms with E-state index in [-0.39, 0.29) is 11.0 Å². The van der Waals surface area contributed by atoms with E-state index in [1.54, 1.807) is 24.3 Å². The van der Waals surface area contributed by atoms with Crippen molar-refractivity contribution in [2.45, 2.75) is 49.1 Å².